The molecule has 3 N–H and O–H groups in total. The predicted molar refractivity (Wildman–Crippen MR) is 117 cm³/mol. The average Bonchev–Trinajstić information content (AvgIpc) is 3.54. The number of anilines is 1. The number of hydrogen-bond acceptors (Lipinski definition) is 5. The number of hydrogen-bond donors (Lipinski definition) is 3. The molecule has 0 atom stereocenters. The van der Waals surface area contributed by atoms with Crippen molar-refractivity contribution in [3.05, 3.63) is 60.0 Å². The van der Waals surface area contributed by atoms with Crippen LogP contribution in [0.5, 0.6) is 5.75 Å². The molecule has 3 aromatic rings. The van der Waals surface area contributed by atoms with E-state index in [0.29, 0.717) is 35.0 Å². The lowest BCUT2D eigenvalue weighted by atomic mass is 10.1. The maximum absolute atomic E-state index is 12.6. The number of nitrogens with zero attached hydrogens (tertiary/aromatic N) is 3. The molecule has 1 aliphatic carbocycles. The Morgan fingerprint density at radius 2 is 1.94 bits per heavy atom. The first-order valence-electron chi connectivity index (χ1n) is 10.5. The number of carbonyl (C=O) groups excluding carboxylic acids is 2. The number of aromatic hydroxyl groups is 1. The fourth-order valence-electron chi connectivity index (χ4n) is 3.33. The van der Waals surface area contributed by atoms with Gasteiger partial charge in [-0.3, -0.25) is 9.78 Å². The largest absolute Gasteiger partial charge is 0.507 e. The number of phenolic OH excluding ortho intramolecular Hbond substituents is 1. The summed E-state index contributed by atoms with van der Waals surface area (Å²) in [6, 6.07) is 9.62. The van der Waals surface area contributed by atoms with Gasteiger partial charge < -0.3 is 15.7 Å². The van der Waals surface area contributed by atoms with Crippen LogP contribution in [0.1, 0.15) is 54.6 Å². The monoisotopic (exact) mass is 419 g/mol. The van der Waals surface area contributed by atoms with Crippen molar-refractivity contribution >= 4 is 17.6 Å². The predicted octanol–water partition coefficient (Wildman–Crippen LogP) is 4.14. The number of benzene rings is 1. The van der Waals surface area contributed by atoms with Crippen molar-refractivity contribution in [2.45, 2.75) is 38.5 Å². The molecule has 160 valence electrons. The number of aromatic nitrogens is 3. The number of rotatable bonds is 7. The molecule has 0 saturated heterocycles. The molecular weight excluding hydrogens is 394 g/mol. The molecule has 1 aliphatic rings. The van der Waals surface area contributed by atoms with Crippen LogP contribution in [0.3, 0.4) is 0 Å². The molecule has 0 aliphatic heterocycles. The molecule has 4 rings (SSSR count). The molecular formula is C23H25N5O3. The summed E-state index contributed by atoms with van der Waals surface area (Å²) in [6.07, 6.45) is 7.02. The summed E-state index contributed by atoms with van der Waals surface area (Å²) in [4.78, 5) is 29.0. The fraction of sp³-hybridized carbons (Fsp3) is 0.304. The second-order valence-electron chi connectivity index (χ2n) is 7.65. The van der Waals surface area contributed by atoms with Crippen molar-refractivity contribution in [3.8, 4) is 17.0 Å². The van der Waals surface area contributed by atoms with Gasteiger partial charge in [-0.2, -0.15) is 9.78 Å². The average molecular weight is 419 g/mol. The van der Waals surface area contributed by atoms with Gasteiger partial charge in [0.1, 0.15) is 5.75 Å². The molecule has 8 heteroatoms. The van der Waals surface area contributed by atoms with Crippen LogP contribution in [0, 0.1) is 0 Å². The van der Waals surface area contributed by atoms with E-state index in [1.165, 1.54) is 10.7 Å². The number of nitrogens with one attached hydrogen (secondary N) is 2. The molecule has 8 nitrogen and oxygen atoms in total. The van der Waals surface area contributed by atoms with E-state index in [0.717, 1.165) is 31.4 Å². The lowest BCUT2D eigenvalue weighted by molar-refractivity contribution is 0.102. The van der Waals surface area contributed by atoms with E-state index in [1.807, 2.05) is 6.07 Å². The Balaban J connectivity index is 1.60. The minimum atomic E-state index is -0.279. The van der Waals surface area contributed by atoms with E-state index in [2.05, 4.69) is 27.6 Å². The summed E-state index contributed by atoms with van der Waals surface area (Å²) in [5.41, 5.74) is 2.78. The summed E-state index contributed by atoms with van der Waals surface area (Å²) in [6.45, 7) is 2.66. The zero-order valence-corrected chi connectivity index (χ0v) is 17.3. The Morgan fingerprint density at radius 1 is 1.16 bits per heavy atom. The van der Waals surface area contributed by atoms with Gasteiger partial charge in [0.15, 0.2) is 0 Å². The van der Waals surface area contributed by atoms with Crippen molar-refractivity contribution < 1.29 is 14.7 Å². The molecule has 0 bridgehead atoms. The topological polar surface area (TPSA) is 109 Å². The number of carbonyl (C=O) groups is 2. The highest BCUT2D eigenvalue weighted by molar-refractivity contribution is 6.04. The van der Waals surface area contributed by atoms with Gasteiger partial charge in [0, 0.05) is 41.7 Å². The standard InChI is InChI=1S/C23H25N5O3/c1-2-3-10-25-23(31)28-20(15-4-5-15)14-19(27-28)18-13-17(6-7-21(18)29)26-22(30)16-8-11-24-12-9-16/h6-9,11-15,29H,2-5,10H2,1H3,(H,25,31)(H,26,30). The van der Waals surface area contributed by atoms with Crippen molar-refractivity contribution in [2.75, 3.05) is 11.9 Å². The van der Waals surface area contributed by atoms with Crippen LogP contribution in [0.4, 0.5) is 10.5 Å². The van der Waals surface area contributed by atoms with Crippen LogP contribution in [0.2, 0.25) is 0 Å². The van der Waals surface area contributed by atoms with Crippen molar-refractivity contribution in [2.24, 2.45) is 0 Å². The van der Waals surface area contributed by atoms with E-state index in [-0.39, 0.29) is 17.7 Å². The van der Waals surface area contributed by atoms with E-state index in [4.69, 9.17) is 0 Å². The Labute approximate surface area is 180 Å². The van der Waals surface area contributed by atoms with Gasteiger partial charge in [-0.05, 0) is 55.7 Å². The molecule has 1 aromatic carbocycles. The summed E-state index contributed by atoms with van der Waals surface area (Å²) in [5.74, 6) is 0.0498. The van der Waals surface area contributed by atoms with E-state index in [9.17, 15) is 14.7 Å². The minimum Gasteiger partial charge on any atom is -0.507 e. The van der Waals surface area contributed by atoms with Crippen LogP contribution in [0.15, 0.2) is 48.8 Å². The van der Waals surface area contributed by atoms with Gasteiger partial charge >= 0.3 is 6.03 Å². The number of phenols is 1. The van der Waals surface area contributed by atoms with E-state index in [1.54, 1.807) is 36.7 Å². The summed E-state index contributed by atoms with van der Waals surface area (Å²) < 4.78 is 1.41. The van der Waals surface area contributed by atoms with Gasteiger partial charge in [-0.25, -0.2) is 4.79 Å². The van der Waals surface area contributed by atoms with Crippen LogP contribution in [-0.2, 0) is 0 Å². The van der Waals surface area contributed by atoms with Crippen LogP contribution in [0.25, 0.3) is 11.3 Å². The Kier molecular flexibility index (Phi) is 5.97. The van der Waals surface area contributed by atoms with Gasteiger partial charge in [0.25, 0.3) is 5.91 Å². The Morgan fingerprint density at radius 3 is 2.65 bits per heavy atom. The lowest BCUT2D eigenvalue weighted by Gasteiger charge is -2.08. The first-order chi connectivity index (χ1) is 15.1. The molecule has 2 aromatic heterocycles. The van der Waals surface area contributed by atoms with Crippen molar-refractivity contribution in [1.29, 1.82) is 0 Å². The third-order valence-electron chi connectivity index (χ3n) is 5.20. The maximum Gasteiger partial charge on any atom is 0.342 e. The molecule has 2 heterocycles. The third kappa shape index (κ3) is 4.74. The smallest absolute Gasteiger partial charge is 0.342 e. The third-order valence-corrected chi connectivity index (χ3v) is 5.20. The second kappa shape index (κ2) is 8.99. The molecule has 2 amide bonds. The summed E-state index contributed by atoms with van der Waals surface area (Å²) in [5, 5.41) is 20.6. The lowest BCUT2D eigenvalue weighted by Crippen LogP contribution is -2.31. The molecule has 0 spiro atoms. The molecule has 0 unspecified atom stereocenters. The number of pyridine rings is 1. The first kappa shape index (κ1) is 20.6. The molecule has 0 radical (unpaired) electrons. The Hall–Kier alpha value is -3.68. The normalized spacial score (nSPS) is 13.1. The van der Waals surface area contributed by atoms with Gasteiger partial charge in [-0.1, -0.05) is 13.3 Å². The van der Waals surface area contributed by atoms with Gasteiger partial charge in [0.2, 0.25) is 0 Å². The van der Waals surface area contributed by atoms with Crippen LogP contribution >= 0.6 is 0 Å². The minimum absolute atomic E-state index is 0.0281. The molecule has 1 saturated carbocycles. The fourth-order valence-corrected chi connectivity index (χ4v) is 3.33. The highest BCUT2D eigenvalue weighted by Crippen LogP contribution is 2.42. The highest BCUT2D eigenvalue weighted by atomic mass is 16.3. The first-order valence-corrected chi connectivity index (χ1v) is 10.5. The van der Waals surface area contributed by atoms with Crippen LogP contribution in [-0.4, -0.2) is 38.4 Å². The zero-order valence-electron chi connectivity index (χ0n) is 17.3. The zero-order chi connectivity index (χ0) is 21.8. The number of unbranched alkanes of at least 4 members (excludes halogenated alkanes) is 1. The van der Waals surface area contributed by atoms with Gasteiger partial charge in [0.05, 0.1) is 11.4 Å². The Bertz CT molecular complexity index is 1090. The van der Waals surface area contributed by atoms with Crippen LogP contribution < -0.4 is 10.6 Å². The maximum atomic E-state index is 12.6. The summed E-state index contributed by atoms with van der Waals surface area (Å²) in [7, 11) is 0. The SMILES string of the molecule is CCCCNC(=O)n1nc(-c2cc(NC(=O)c3ccncc3)ccc2O)cc1C1CC1. The summed E-state index contributed by atoms with van der Waals surface area (Å²) >= 11 is 0. The quantitative estimate of drug-likeness (QED) is 0.394. The van der Waals surface area contributed by atoms with E-state index >= 15 is 0 Å². The molecule has 31 heavy (non-hydrogen) atoms. The highest BCUT2D eigenvalue weighted by Gasteiger charge is 2.30. The van der Waals surface area contributed by atoms with Gasteiger partial charge in [-0.15, -0.1) is 0 Å². The number of amides is 2. The van der Waals surface area contributed by atoms with E-state index < -0.39 is 0 Å². The molecule has 1 fully saturated rings. The van der Waals surface area contributed by atoms with Crippen molar-refractivity contribution in [1.82, 2.24) is 20.1 Å². The second-order valence-corrected chi connectivity index (χ2v) is 7.65. The van der Waals surface area contributed by atoms with Crippen molar-refractivity contribution in [3.63, 3.8) is 0 Å².